The van der Waals surface area contributed by atoms with Crippen LogP contribution in [-0.4, -0.2) is 15.5 Å². The molecule has 0 atom stereocenters. The van der Waals surface area contributed by atoms with Crippen molar-refractivity contribution < 1.29 is 8.78 Å². The molecule has 86 valence electrons. The highest BCUT2D eigenvalue weighted by Crippen LogP contribution is 2.26. The Morgan fingerprint density at radius 3 is 2.88 bits per heavy atom. The van der Waals surface area contributed by atoms with Crippen LogP contribution in [0.25, 0.3) is 10.9 Å². The predicted molar refractivity (Wildman–Crippen MR) is 62.7 cm³/mol. The second-order valence-electron chi connectivity index (χ2n) is 3.69. The molecule has 0 amide bonds. The zero-order chi connectivity index (χ0) is 11.8. The van der Waals surface area contributed by atoms with Crippen LogP contribution in [0.15, 0.2) is 29.1 Å². The fourth-order valence-corrected chi connectivity index (χ4v) is 2.04. The molecular weight excluding hydrogens is 278 g/mol. The van der Waals surface area contributed by atoms with Crippen molar-refractivity contribution in [2.45, 2.75) is 25.8 Å². The van der Waals surface area contributed by atoms with E-state index < -0.39 is 5.92 Å². The SMILES string of the molecule is CCC(F)(F)Cn1ccc2c(Br)nccc21. The van der Waals surface area contributed by atoms with Gasteiger partial charge in [0.1, 0.15) is 4.60 Å². The number of rotatable bonds is 3. The minimum absolute atomic E-state index is 0.154. The van der Waals surface area contributed by atoms with E-state index in [2.05, 4.69) is 20.9 Å². The smallest absolute Gasteiger partial charge is 0.265 e. The zero-order valence-corrected chi connectivity index (χ0v) is 10.3. The van der Waals surface area contributed by atoms with Crippen molar-refractivity contribution in [3.63, 3.8) is 0 Å². The molecule has 0 unspecified atom stereocenters. The molecule has 0 aliphatic rings. The van der Waals surface area contributed by atoms with Gasteiger partial charge in [0.15, 0.2) is 0 Å². The minimum Gasteiger partial charge on any atom is -0.341 e. The van der Waals surface area contributed by atoms with Crippen LogP contribution in [0.3, 0.4) is 0 Å². The van der Waals surface area contributed by atoms with Crippen LogP contribution in [0.2, 0.25) is 0 Å². The standard InChI is InChI=1S/C11H11BrF2N2/c1-2-11(13,14)7-16-6-4-8-9(16)3-5-15-10(8)12/h3-6H,2,7H2,1H3. The molecule has 0 spiro atoms. The lowest BCUT2D eigenvalue weighted by Crippen LogP contribution is -2.22. The Morgan fingerprint density at radius 1 is 1.44 bits per heavy atom. The maximum Gasteiger partial charge on any atom is 0.265 e. The Morgan fingerprint density at radius 2 is 2.19 bits per heavy atom. The van der Waals surface area contributed by atoms with Crippen LogP contribution in [0.1, 0.15) is 13.3 Å². The quantitative estimate of drug-likeness (QED) is 0.785. The van der Waals surface area contributed by atoms with Gasteiger partial charge in [-0.2, -0.15) is 0 Å². The first kappa shape index (κ1) is 11.5. The fraction of sp³-hybridized carbons (Fsp3) is 0.364. The van der Waals surface area contributed by atoms with Crippen LogP contribution in [0.5, 0.6) is 0 Å². The first-order valence-electron chi connectivity index (χ1n) is 5.01. The van der Waals surface area contributed by atoms with Crippen molar-refractivity contribution in [2.24, 2.45) is 0 Å². The van der Waals surface area contributed by atoms with Gasteiger partial charge in [-0.25, -0.2) is 13.8 Å². The summed E-state index contributed by atoms with van der Waals surface area (Å²) >= 11 is 3.29. The highest BCUT2D eigenvalue weighted by atomic mass is 79.9. The molecule has 0 bridgehead atoms. The first-order valence-corrected chi connectivity index (χ1v) is 5.80. The maximum atomic E-state index is 13.3. The molecule has 0 fully saturated rings. The van der Waals surface area contributed by atoms with E-state index in [0.717, 1.165) is 10.9 Å². The Kier molecular flexibility index (Phi) is 2.97. The topological polar surface area (TPSA) is 17.8 Å². The molecule has 2 nitrogen and oxygen atoms in total. The van der Waals surface area contributed by atoms with Crippen LogP contribution in [0.4, 0.5) is 8.78 Å². The van der Waals surface area contributed by atoms with Gasteiger partial charge in [0.2, 0.25) is 0 Å². The molecule has 0 aliphatic heterocycles. The Bertz CT molecular complexity index is 508. The van der Waals surface area contributed by atoms with Gasteiger partial charge in [0, 0.05) is 24.2 Å². The number of aromatic nitrogens is 2. The summed E-state index contributed by atoms with van der Waals surface area (Å²) in [6.07, 6.45) is 3.12. The first-order chi connectivity index (χ1) is 7.53. The number of alkyl halides is 2. The van der Waals surface area contributed by atoms with E-state index in [1.165, 1.54) is 6.92 Å². The average Bonchev–Trinajstić information content (AvgIpc) is 2.63. The zero-order valence-electron chi connectivity index (χ0n) is 8.75. The van der Waals surface area contributed by atoms with Crippen LogP contribution in [0, 0.1) is 0 Å². The van der Waals surface area contributed by atoms with E-state index in [1.807, 2.05) is 0 Å². The number of fused-ring (bicyclic) bond motifs is 1. The fourth-order valence-electron chi connectivity index (χ4n) is 1.59. The molecule has 0 aliphatic carbocycles. The molecule has 16 heavy (non-hydrogen) atoms. The third-order valence-corrected chi connectivity index (χ3v) is 3.20. The lowest BCUT2D eigenvalue weighted by atomic mass is 10.2. The number of hydrogen-bond donors (Lipinski definition) is 0. The molecule has 0 N–H and O–H groups in total. The Hall–Kier alpha value is -0.970. The summed E-state index contributed by atoms with van der Waals surface area (Å²) in [5.74, 6) is -2.66. The van der Waals surface area contributed by atoms with Crippen molar-refractivity contribution >= 4 is 26.8 Å². The number of hydrogen-bond acceptors (Lipinski definition) is 1. The van der Waals surface area contributed by atoms with E-state index in [0.29, 0.717) is 4.60 Å². The number of halogens is 3. The minimum atomic E-state index is -2.66. The van der Waals surface area contributed by atoms with Gasteiger partial charge in [0.05, 0.1) is 12.1 Å². The van der Waals surface area contributed by atoms with E-state index in [9.17, 15) is 8.78 Å². The summed E-state index contributed by atoms with van der Waals surface area (Å²) in [4.78, 5) is 4.05. The predicted octanol–water partition coefficient (Wildman–Crippen LogP) is 3.84. The summed E-state index contributed by atoms with van der Waals surface area (Å²) in [5.41, 5.74) is 0.773. The number of pyridine rings is 1. The van der Waals surface area contributed by atoms with Crippen molar-refractivity contribution in [1.82, 2.24) is 9.55 Å². The molecule has 0 saturated heterocycles. The summed E-state index contributed by atoms with van der Waals surface area (Å²) in [6, 6.07) is 3.53. The molecule has 2 aromatic rings. The molecule has 0 radical (unpaired) electrons. The monoisotopic (exact) mass is 288 g/mol. The van der Waals surface area contributed by atoms with Gasteiger partial charge in [0.25, 0.3) is 5.92 Å². The lowest BCUT2D eigenvalue weighted by Gasteiger charge is -2.15. The molecular formula is C11H11BrF2N2. The summed E-state index contributed by atoms with van der Waals surface area (Å²) in [5, 5.41) is 0.856. The molecule has 0 aromatic carbocycles. The summed E-state index contributed by atoms with van der Waals surface area (Å²) in [6.45, 7) is 1.20. The molecule has 2 aromatic heterocycles. The largest absolute Gasteiger partial charge is 0.341 e. The lowest BCUT2D eigenvalue weighted by molar-refractivity contribution is -0.0187. The Labute approximate surface area is 100 Å². The van der Waals surface area contributed by atoms with Gasteiger partial charge in [-0.1, -0.05) is 6.92 Å². The third kappa shape index (κ3) is 2.09. The van der Waals surface area contributed by atoms with E-state index in [1.54, 1.807) is 29.1 Å². The van der Waals surface area contributed by atoms with Crippen LogP contribution >= 0.6 is 15.9 Å². The van der Waals surface area contributed by atoms with Crippen molar-refractivity contribution in [3.8, 4) is 0 Å². The Balaban J connectivity index is 2.43. The average molecular weight is 289 g/mol. The van der Waals surface area contributed by atoms with Gasteiger partial charge in [-0.3, -0.25) is 0 Å². The number of nitrogens with zero attached hydrogens (tertiary/aromatic N) is 2. The van der Waals surface area contributed by atoms with Crippen LogP contribution in [-0.2, 0) is 6.54 Å². The van der Waals surface area contributed by atoms with Crippen LogP contribution < -0.4 is 0 Å². The molecule has 2 rings (SSSR count). The van der Waals surface area contributed by atoms with Gasteiger partial charge in [-0.05, 0) is 28.1 Å². The van der Waals surface area contributed by atoms with Gasteiger partial charge >= 0.3 is 0 Å². The maximum absolute atomic E-state index is 13.3. The second-order valence-corrected chi connectivity index (χ2v) is 4.44. The van der Waals surface area contributed by atoms with Gasteiger partial charge in [-0.15, -0.1) is 0 Å². The molecule has 0 saturated carbocycles. The van der Waals surface area contributed by atoms with E-state index in [-0.39, 0.29) is 13.0 Å². The normalized spacial score (nSPS) is 12.2. The highest BCUT2D eigenvalue weighted by molar-refractivity contribution is 9.10. The third-order valence-electron chi connectivity index (χ3n) is 2.57. The summed E-state index contributed by atoms with van der Waals surface area (Å²) in [7, 11) is 0. The second kappa shape index (κ2) is 4.13. The van der Waals surface area contributed by atoms with Gasteiger partial charge < -0.3 is 4.57 Å². The van der Waals surface area contributed by atoms with E-state index >= 15 is 0 Å². The van der Waals surface area contributed by atoms with Crippen molar-refractivity contribution in [2.75, 3.05) is 0 Å². The van der Waals surface area contributed by atoms with E-state index in [4.69, 9.17) is 0 Å². The van der Waals surface area contributed by atoms with Crippen molar-refractivity contribution in [1.29, 1.82) is 0 Å². The van der Waals surface area contributed by atoms with Crippen molar-refractivity contribution in [3.05, 3.63) is 29.1 Å². The summed E-state index contributed by atoms with van der Waals surface area (Å²) < 4.78 is 28.8. The molecule has 2 heterocycles. The highest BCUT2D eigenvalue weighted by Gasteiger charge is 2.27. The molecule has 5 heteroatoms.